The van der Waals surface area contributed by atoms with Gasteiger partial charge in [0.2, 0.25) is 0 Å². The molecule has 1 aromatic heterocycles. The third-order valence-corrected chi connectivity index (χ3v) is 9.19. The van der Waals surface area contributed by atoms with Crippen LogP contribution in [0.25, 0.3) is 0 Å². The molecule has 2 heterocycles. The maximum atomic E-state index is 6.28. The number of ether oxygens (including phenoxy) is 1. The zero-order valence-corrected chi connectivity index (χ0v) is 28.9. The third kappa shape index (κ3) is 9.38. The van der Waals surface area contributed by atoms with E-state index in [1.54, 1.807) is 0 Å². The van der Waals surface area contributed by atoms with Gasteiger partial charge in [0, 0.05) is 37.1 Å². The van der Waals surface area contributed by atoms with Crippen LogP contribution >= 0.6 is 19.4 Å². The van der Waals surface area contributed by atoms with Crippen molar-refractivity contribution in [1.82, 2.24) is 4.98 Å². The normalized spacial score (nSPS) is 13.2. The van der Waals surface area contributed by atoms with Crippen LogP contribution in [0.5, 0.6) is 5.75 Å². The number of aromatic nitrogens is 1. The molecule has 4 aromatic rings. The van der Waals surface area contributed by atoms with Crippen molar-refractivity contribution in [3.05, 3.63) is 126 Å². The minimum atomic E-state index is -1.61. The monoisotopic (exact) mass is 704 g/mol. The van der Waals surface area contributed by atoms with Crippen molar-refractivity contribution < 1.29 is 18.3 Å². The second kappa shape index (κ2) is 16.4. The predicted octanol–water partition coefficient (Wildman–Crippen LogP) is 9.47. The summed E-state index contributed by atoms with van der Waals surface area (Å²) in [5.41, 5.74) is 8.75. The molecule has 0 spiro atoms. The van der Waals surface area contributed by atoms with E-state index in [0.717, 1.165) is 42.2 Å². The summed E-state index contributed by atoms with van der Waals surface area (Å²) < 4.78 is 8.20. The first kappa shape index (κ1) is 33.2. The van der Waals surface area contributed by atoms with Crippen LogP contribution in [0.1, 0.15) is 67.5 Å². The molecule has 3 aromatic carbocycles. The molecule has 0 aliphatic carbocycles. The Hall–Kier alpha value is -2.72. The number of rotatable bonds is 9. The summed E-state index contributed by atoms with van der Waals surface area (Å²) in [6.45, 7) is 16.1. The van der Waals surface area contributed by atoms with Gasteiger partial charge in [0.25, 0.3) is 0 Å². The van der Waals surface area contributed by atoms with E-state index in [4.69, 9.17) is 24.1 Å². The van der Waals surface area contributed by atoms with Gasteiger partial charge in [0.05, 0.1) is 12.3 Å². The second-order valence-electron chi connectivity index (χ2n) is 11.2. The van der Waals surface area contributed by atoms with Crippen LogP contribution in [0.15, 0.2) is 91.1 Å². The van der Waals surface area contributed by atoms with Crippen LogP contribution in [0.4, 0.5) is 11.4 Å². The van der Waals surface area contributed by atoms with E-state index >= 15 is 0 Å². The Morgan fingerprint density at radius 3 is 2.05 bits per heavy atom. The average molecular weight is 705 g/mol. The Labute approximate surface area is 271 Å². The van der Waals surface area contributed by atoms with Crippen LogP contribution in [0.2, 0.25) is 0 Å². The van der Waals surface area contributed by atoms with Gasteiger partial charge in [-0.25, -0.2) is 0 Å². The van der Waals surface area contributed by atoms with Gasteiger partial charge in [0.1, 0.15) is 5.75 Å². The van der Waals surface area contributed by atoms with Crippen LogP contribution in [-0.2, 0) is 19.9 Å². The van der Waals surface area contributed by atoms with Crippen LogP contribution in [0.3, 0.4) is 0 Å². The fraction of sp³-hybridized carbons (Fsp3) is 0.306. The molecule has 1 saturated heterocycles. The number of hydrogen-bond donors (Lipinski definition) is 0. The standard InChI is InChI=1S/C29H36N3O.C7H6.2ClH.Ru/c1-21(2)25-12-9-13-26(22(3)4)29(25)32-18-17-31(20-32)28-23(5)10-8-14-27(28)33-19-15-24-11-6-7-16-30-24;1-7-5-3-2-4-6-7;;;/h6-14,16,20-22H,15,17-19H2,1-5H3;1-6H;2*1H;/q-1;;;;+2/p-2. The van der Waals surface area contributed by atoms with E-state index < -0.39 is 13.5 Å². The Balaban J connectivity index is 0.000000359. The SMILES string of the molecule is Cc1cccc(OCCc2ccccn2)c1N1[CH-]N(c2c(C(C)C)cccc2C(C)C)CC1.[Cl][Ru]([Cl])=[CH]c1ccccc1. The summed E-state index contributed by atoms with van der Waals surface area (Å²) in [5, 5.41) is 0. The van der Waals surface area contributed by atoms with Crippen molar-refractivity contribution in [3.8, 4) is 5.75 Å². The van der Waals surface area contributed by atoms with E-state index in [1.807, 2.05) is 59.3 Å². The molecule has 43 heavy (non-hydrogen) atoms. The molecule has 1 fully saturated rings. The first-order chi connectivity index (χ1) is 20.7. The third-order valence-electron chi connectivity index (χ3n) is 7.31. The van der Waals surface area contributed by atoms with E-state index in [0.29, 0.717) is 18.4 Å². The molecule has 0 bridgehead atoms. The Morgan fingerprint density at radius 1 is 0.814 bits per heavy atom. The molecule has 0 amide bonds. The van der Waals surface area contributed by atoms with Crippen molar-refractivity contribution in [1.29, 1.82) is 0 Å². The summed E-state index contributed by atoms with van der Waals surface area (Å²) in [4.78, 5) is 9.21. The summed E-state index contributed by atoms with van der Waals surface area (Å²) in [7, 11) is 11.3. The molecule has 4 nitrogen and oxygen atoms in total. The van der Waals surface area contributed by atoms with Gasteiger partial charge >= 0.3 is 73.4 Å². The molecule has 0 radical (unpaired) electrons. The zero-order valence-electron chi connectivity index (χ0n) is 25.7. The number of pyridine rings is 1. The molecule has 0 unspecified atom stereocenters. The summed E-state index contributed by atoms with van der Waals surface area (Å²) >= 11 is -1.61. The topological polar surface area (TPSA) is 28.6 Å². The fourth-order valence-corrected chi connectivity index (χ4v) is 7.05. The molecule has 1 aliphatic heterocycles. The maximum absolute atomic E-state index is 6.28. The molecule has 0 atom stereocenters. The van der Waals surface area contributed by atoms with Crippen LogP contribution < -0.4 is 14.5 Å². The molecule has 7 heteroatoms. The van der Waals surface area contributed by atoms with E-state index in [2.05, 4.69) is 92.5 Å². The molecular weight excluding hydrogens is 662 g/mol. The number of anilines is 2. The fourth-order valence-electron chi connectivity index (χ4n) is 5.22. The van der Waals surface area contributed by atoms with Gasteiger partial charge in [-0.15, -0.1) is 0 Å². The second-order valence-corrected chi connectivity index (χ2v) is 16.9. The van der Waals surface area contributed by atoms with Gasteiger partial charge in [-0.05, 0) is 53.6 Å². The van der Waals surface area contributed by atoms with Crippen molar-refractivity contribution in [3.63, 3.8) is 0 Å². The summed E-state index contributed by atoms with van der Waals surface area (Å²) in [5.74, 6) is 1.89. The Bertz CT molecular complexity index is 1450. The van der Waals surface area contributed by atoms with Gasteiger partial charge in [-0.2, -0.15) is 6.67 Å². The number of nitrogens with zero attached hydrogens (tertiary/aromatic N) is 3. The first-order valence-corrected chi connectivity index (χ1v) is 20.2. The van der Waals surface area contributed by atoms with Gasteiger partial charge in [-0.3, -0.25) is 4.98 Å². The minimum absolute atomic E-state index is 0.477. The van der Waals surface area contributed by atoms with E-state index in [-0.39, 0.29) is 0 Å². The number of hydrogen-bond acceptors (Lipinski definition) is 4. The van der Waals surface area contributed by atoms with Gasteiger partial charge in [0.15, 0.2) is 0 Å². The molecule has 0 N–H and O–H groups in total. The van der Waals surface area contributed by atoms with Gasteiger partial charge < -0.3 is 14.5 Å². The quantitative estimate of drug-likeness (QED) is 0.128. The number of para-hydroxylation sites is 2. The summed E-state index contributed by atoms with van der Waals surface area (Å²) in [6, 6.07) is 29.0. The van der Waals surface area contributed by atoms with Crippen molar-refractivity contribution in [2.75, 3.05) is 29.5 Å². The van der Waals surface area contributed by atoms with Crippen molar-refractivity contribution >= 4 is 35.4 Å². The zero-order chi connectivity index (χ0) is 30.8. The van der Waals surface area contributed by atoms with Crippen LogP contribution in [0, 0.1) is 13.6 Å². The summed E-state index contributed by atoms with van der Waals surface area (Å²) in [6.07, 6.45) is 2.63. The van der Waals surface area contributed by atoms with Crippen molar-refractivity contribution in [2.24, 2.45) is 0 Å². The van der Waals surface area contributed by atoms with Crippen molar-refractivity contribution in [2.45, 2.75) is 52.9 Å². The number of aryl methyl sites for hydroxylation is 1. The first-order valence-electron chi connectivity index (χ1n) is 14.8. The van der Waals surface area contributed by atoms with E-state index in [1.165, 1.54) is 22.4 Å². The molecule has 1 aliphatic rings. The number of benzene rings is 3. The number of halogens is 2. The Morgan fingerprint density at radius 2 is 1.44 bits per heavy atom. The predicted molar refractivity (Wildman–Crippen MR) is 182 cm³/mol. The van der Waals surface area contributed by atoms with Crippen LogP contribution in [-0.4, -0.2) is 29.3 Å². The molecule has 230 valence electrons. The molecule has 0 saturated carbocycles. The molecule has 5 rings (SSSR count). The average Bonchev–Trinajstić information content (AvgIpc) is 3.47. The van der Waals surface area contributed by atoms with Gasteiger partial charge in [-0.1, -0.05) is 64.1 Å². The Kier molecular flexibility index (Phi) is 12.6. The van der Waals surface area contributed by atoms with E-state index in [9.17, 15) is 0 Å². The molecular formula is C36H42Cl2N3ORu-.